The molecule has 11 heteroatoms. The molecule has 0 bridgehead atoms. The van der Waals surface area contributed by atoms with Gasteiger partial charge in [0.1, 0.15) is 6.10 Å². The fraction of sp³-hybridized carbons (Fsp3) is 0.902. The van der Waals surface area contributed by atoms with Crippen LogP contribution in [-0.2, 0) is 37.3 Å². The van der Waals surface area contributed by atoms with Gasteiger partial charge >= 0.3 is 77.1 Å². The molecule has 0 aliphatic rings. The summed E-state index contributed by atoms with van der Waals surface area (Å²) in [7, 11) is -4.46. The van der Waals surface area contributed by atoms with Gasteiger partial charge in [-0.25, -0.2) is 9.36 Å². The van der Waals surface area contributed by atoms with E-state index in [4.69, 9.17) is 18.3 Å². The van der Waals surface area contributed by atoms with Crippen molar-refractivity contribution in [3.8, 4) is 0 Å². The molecule has 62 heavy (non-hydrogen) atoms. The Labute approximate surface area is 425 Å². The molecule has 0 amide bonds. The quantitative estimate of drug-likeness (QED) is 0.0158. The molecule has 2 atom stereocenters. The fourth-order valence-electron chi connectivity index (χ4n) is 7.82. The summed E-state index contributed by atoms with van der Waals surface area (Å²) in [4.78, 5) is 36.5. The predicted octanol–water partition coefficient (Wildman–Crippen LogP) is 16.6. The number of unbranched alkanes of at least 4 members (excludes halogenated alkanes) is 33. The van der Waals surface area contributed by atoms with E-state index in [9.17, 15) is 24.1 Å². The third kappa shape index (κ3) is 45.0. The van der Waals surface area contributed by atoms with Crippen molar-refractivity contribution in [2.24, 2.45) is 0 Å². The van der Waals surface area contributed by atoms with E-state index in [-0.39, 0.29) is 76.5 Å². The number of phosphoric acid groups is 1. The number of rotatable bonds is 49. The summed E-state index contributed by atoms with van der Waals surface area (Å²) in [5.41, 5.74) is 0. The molecule has 0 saturated heterocycles. The molecule has 9 nitrogen and oxygen atoms in total. The van der Waals surface area contributed by atoms with E-state index in [1.807, 2.05) is 0 Å². The average molecular weight is 925 g/mol. The van der Waals surface area contributed by atoms with Gasteiger partial charge in [0.25, 0.3) is 0 Å². The molecule has 2 unspecified atom stereocenters. The molecular formula is C51H98KO9P. The van der Waals surface area contributed by atoms with Crippen molar-refractivity contribution in [1.29, 1.82) is 0 Å². The van der Waals surface area contributed by atoms with Crippen LogP contribution in [0.3, 0.4) is 0 Å². The summed E-state index contributed by atoms with van der Waals surface area (Å²) in [5, 5.41) is 9.19. The Bertz CT molecular complexity index is 1090. The van der Waals surface area contributed by atoms with Crippen LogP contribution in [0.5, 0.6) is 0 Å². The number of carbonyl (C=O) groups is 3. The Kier molecular flexibility index (Phi) is 50.2. The van der Waals surface area contributed by atoms with E-state index in [1.165, 1.54) is 148 Å². The van der Waals surface area contributed by atoms with Crippen molar-refractivity contribution in [1.82, 2.24) is 0 Å². The van der Waals surface area contributed by atoms with Gasteiger partial charge in [-0.05, 0) is 45.1 Å². The number of esters is 1. The Hall–Kier alpha value is -0.224. The Morgan fingerprint density at radius 1 is 0.452 bits per heavy atom. The molecular weight excluding hydrogens is 827 g/mol. The van der Waals surface area contributed by atoms with Crippen molar-refractivity contribution in [3.05, 3.63) is 12.3 Å². The van der Waals surface area contributed by atoms with E-state index in [1.54, 1.807) is 0 Å². The fourth-order valence-corrected chi connectivity index (χ4v) is 9.00. The van der Waals surface area contributed by atoms with Gasteiger partial charge in [-0.1, -0.05) is 233 Å². The summed E-state index contributed by atoms with van der Waals surface area (Å²) in [6.07, 6.45) is 46.1. The van der Waals surface area contributed by atoms with Crippen molar-refractivity contribution in [2.45, 2.75) is 290 Å². The van der Waals surface area contributed by atoms with Crippen LogP contribution in [0.25, 0.3) is 0 Å². The van der Waals surface area contributed by atoms with Crippen LogP contribution in [0, 0.1) is 0 Å². The molecule has 0 fully saturated rings. The van der Waals surface area contributed by atoms with Gasteiger partial charge in [-0.2, -0.15) is 0 Å². The number of carboxylic acids is 1. The Morgan fingerprint density at radius 2 is 0.774 bits per heavy atom. The molecule has 0 heterocycles. The first-order chi connectivity index (χ1) is 29.7. The van der Waals surface area contributed by atoms with Gasteiger partial charge in [-0.15, -0.1) is 0 Å². The van der Waals surface area contributed by atoms with Crippen molar-refractivity contribution >= 4 is 77.1 Å². The van der Waals surface area contributed by atoms with E-state index in [2.05, 4.69) is 27.4 Å². The first-order valence-corrected chi connectivity index (χ1v) is 27.4. The first-order valence-electron chi connectivity index (χ1n) is 26.0. The van der Waals surface area contributed by atoms with Crippen molar-refractivity contribution in [3.63, 3.8) is 0 Å². The average Bonchev–Trinajstić information content (AvgIpc) is 3.23. The molecule has 0 spiro atoms. The van der Waals surface area contributed by atoms with Crippen LogP contribution in [-0.4, -0.2) is 87.1 Å². The van der Waals surface area contributed by atoms with Gasteiger partial charge < -0.3 is 18.9 Å². The minimum atomic E-state index is -4.46. The SMILES string of the molecule is C=C(OP(=O)(OCCCCCCCCCCCCCCCC)OC(=O)CCCCCCCCC(CCCC)OC(=O)CCCCCCCCCCCCCCCCC)C(=O)O.[KH]. The third-order valence-corrected chi connectivity index (χ3v) is 13.1. The summed E-state index contributed by atoms with van der Waals surface area (Å²) in [6, 6.07) is 0. The van der Waals surface area contributed by atoms with Crippen LogP contribution in [0.4, 0.5) is 0 Å². The zero-order valence-corrected chi connectivity index (χ0v) is 41.0. The van der Waals surface area contributed by atoms with Gasteiger partial charge in [0.05, 0.1) is 6.61 Å². The van der Waals surface area contributed by atoms with Gasteiger partial charge in [-0.3, -0.25) is 14.1 Å². The Balaban J connectivity index is 0. The number of carbonyl (C=O) groups excluding carboxylic acids is 2. The van der Waals surface area contributed by atoms with Crippen molar-refractivity contribution in [2.75, 3.05) is 6.61 Å². The molecule has 0 aliphatic heterocycles. The van der Waals surface area contributed by atoms with E-state index in [0.29, 0.717) is 19.3 Å². The molecule has 1 N–H and O–H groups in total. The molecule has 0 aromatic heterocycles. The molecule has 362 valence electrons. The monoisotopic (exact) mass is 925 g/mol. The zero-order valence-electron chi connectivity index (χ0n) is 40.1. The van der Waals surface area contributed by atoms with Crippen molar-refractivity contribution < 1.29 is 42.4 Å². The number of hydrogen-bond acceptors (Lipinski definition) is 8. The zero-order chi connectivity index (χ0) is 44.9. The van der Waals surface area contributed by atoms with Gasteiger partial charge in [0, 0.05) is 12.8 Å². The van der Waals surface area contributed by atoms with E-state index >= 15 is 0 Å². The second-order valence-corrected chi connectivity index (χ2v) is 19.3. The maximum atomic E-state index is 13.2. The summed E-state index contributed by atoms with van der Waals surface area (Å²) in [5.74, 6) is -3.08. The van der Waals surface area contributed by atoms with Crippen LogP contribution in [0.1, 0.15) is 284 Å². The topological polar surface area (TPSA) is 125 Å². The Morgan fingerprint density at radius 3 is 1.16 bits per heavy atom. The predicted molar refractivity (Wildman–Crippen MR) is 261 cm³/mol. The summed E-state index contributed by atoms with van der Waals surface area (Å²) >= 11 is 0. The number of aliphatic carboxylic acids is 1. The minimum absolute atomic E-state index is 0. The molecule has 0 saturated carbocycles. The van der Waals surface area contributed by atoms with E-state index in [0.717, 1.165) is 89.9 Å². The van der Waals surface area contributed by atoms with Crippen LogP contribution in [0.15, 0.2) is 12.3 Å². The molecule has 0 aromatic carbocycles. The number of carboxylic acid groups (broad SMARTS) is 1. The van der Waals surface area contributed by atoms with Crippen LogP contribution < -0.4 is 0 Å². The molecule has 0 rings (SSSR count). The standard InChI is InChI=1S/C51H97O9P.K.H/c1-5-8-11-13-15-17-19-21-23-24-26-28-30-35-39-44-49(52)58-48(42-10-7-3)43-38-34-31-32-36-40-45-50(53)60-61(56,59-47(4)51(54)55)57-46-41-37-33-29-27-25-22-20-18-16-14-12-9-6-2;;/h48H,4-46H2,1-3H3,(H,54,55);;. The van der Waals surface area contributed by atoms with Crippen LogP contribution in [0.2, 0.25) is 0 Å². The molecule has 0 aromatic rings. The number of phosphoric ester groups is 1. The number of ether oxygens (including phenoxy) is 1. The maximum absolute atomic E-state index is 13.2. The van der Waals surface area contributed by atoms with Gasteiger partial charge in [0.15, 0.2) is 0 Å². The normalized spacial score (nSPS) is 12.6. The second-order valence-electron chi connectivity index (χ2n) is 17.8. The van der Waals surface area contributed by atoms with Gasteiger partial charge in [0.2, 0.25) is 5.76 Å². The number of hydrogen-bond donors (Lipinski definition) is 1. The van der Waals surface area contributed by atoms with Crippen LogP contribution >= 0.6 is 7.82 Å². The van der Waals surface area contributed by atoms with E-state index < -0.39 is 25.5 Å². The molecule has 0 aliphatic carbocycles. The second kappa shape index (κ2) is 48.7. The first kappa shape index (κ1) is 63.9. The summed E-state index contributed by atoms with van der Waals surface area (Å²) < 4.78 is 34.5. The summed E-state index contributed by atoms with van der Waals surface area (Å²) in [6.45, 7) is 9.99. The third-order valence-electron chi connectivity index (χ3n) is 11.7. The molecule has 0 radical (unpaired) electrons.